The molecule has 12 nitrogen and oxygen atoms in total. The van der Waals surface area contributed by atoms with Crippen molar-refractivity contribution in [3.05, 3.63) is 72.6 Å². The van der Waals surface area contributed by atoms with Gasteiger partial charge in [0, 0.05) is 83.0 Å². The van der Waals surface area contributed by atoms with Gasteiger partial charge >= 0.3 is 0 Å². The molecule has 0 aliphatic carbocycles. The predicted octanol–water partition coefficient (Wildman–Crippen LogP) is 4.66. The molecule has 50 heavy (non-hydrogen) atoms. The Morgan fingerprint density at radius 3 is 2.42 bits per heavy atom. The summed E-state index contributed by atoms with van der Waals surface area (Å²) in [5, 5.41) is 7.84. The van der Waals surface area contributed by atoms with E-state index in [4.69, 9.17) is 9.57 Å². The lowest BCUT2D eigenvalue weighted by Gasteiger charge is -2.43. The number of ether oxygens (including phenoxy) is 1. The van der Waals surface area contributed by atoms with Crippen LogP contribution in [0.4, 0.5) is 37.5 Å². The lowest BCUT2D eigenvalue weighted by Crippen LogP contribution is -2.54. The third-order valence-corrected chi connectivity index (χ3v) is 9.67. The van der Waals surface area contributed by atoms with Crippen molar-refractivity contribution in [1.29, 1.82) is 0 Å². The summed E-state index contributed by atoms with van der Waals surface area (Å²) >= 11 is 0. The lowest BCUT2D eigenvalue weighted by atomic mass is 10.0. The number of anilines is 5. The molecule has 0 spiro atoms. The summed E-state index contributed by atoms with van der Waals surface area (Å²) in [4.78, 5) is 36.9. The van der Waals surface area contributed by atoms with Crippen LogP contribution in [0.15, 0.2) is 55.4 Å². The van der Waals surface area contributed by atoms with E-state index < -0.39 is 17.7 Å². The van der Waals surface area contributed by atoms with Gasteiger partial charge in [0.25, 0.3) is 0 Å². The normalized spacial score (nSPS) is 19.2. The van der Waals surface area contributed by atoms with Gasteiger partial charge in [-0.15, -0.1) is 0 Å². The molecular formula is C36H47F2N9O3. The van der Waals surface area contributed by atoms with Crippen molar-refractivity contribution in [1.82, 2.24) is 24.7 Å². The van der Waals surface area contributed by atoms with Gasteiger partial charge in [-0.25, -0.2) is 23.8 Å². The molecule has 0 radical (unpaired) electrons. The first kappa shape index (κ1) is 35.5. The van der Waals surface area contributed by atoms with E-state index in [0.29, 0.717) is 53.4 Å². The van der Waals surface area contributed by atoms with Crippen LogP contribution in [-0.2, 0) is 9.63 Å². The number of hydrogen-bond acceptors (Lipinski definition) is 11. The van der Waals surface area contributed by atoms with Crippen LogP contribution < -0.4 is 25.3 Å². The SMILES string of the molecule is C=CC(=O)Nc1cc(Nc2cc(N3OCC[C@@H]3c3cc(F)cc(F)c3)ncn2)c(OC)cc1N1CCC(N2CCN(CCN(C)C)CC2)CC1. The fraction of sp³-hybridized carbons (Fsp3) is 0.472. The summed E-state index contributed by atoms with van der Waals surface area (Å²) in [6.45, 7) is 12.3. The van der Waals surface area contributed by atoms with E-state index in [2.05, 4.69) is 60.9 Å². The minimum absolute atomic E-state index is 0.320. The third kappa shape index (κ3) is 8.49. The number of piperazine rings is 1. The van der Waals surface area contributed by atoms with Crippen molar-refractivity contribution in [3.63, 3.8) is 0 Å². The largest absolute Gasteiger partial charge is 0.494 e. The molecule has 268 valence electrons. The number of likely N-dealkylation sites (N-methyl/N-ethyl adjacent to an activating group) is 1. The van der Waals surface area contributed by atoms with Crippen molar-refractivity contribution >= 4 is 34.6 Å². The zero-order valence-corrected chi connectivity index (χ0v) is 29.1. The molecule has 3 aliphatic heterocycles. The molecule has 3 aromatic rings. The molecule has 0 unspecified atom stereocenters. The van der Waals surface area contributed by atoms with Gasteiger partial charge in [0.05, 0.1) is 36.8 Å². The number of nitrogens with zero attached hydrogens (tertiary/aromatic N) is 7. The second-order valence-electron chi connectivity index (χ2n) is 13.2. The van der Waals surface area contributed by atoms with Crippen LogP contribution in [-0.4, -0.2) is 117 Å². The second kappa shape index (κ2) is 16.1. The van der Waals surface area contributed by atoms with E-state index in [1.54, 1.807) is 18.2 Å². The van der Waals surface area contributed by atoms with Gasteiger partial charge in [0.1, 0.15) is 29.5 Å². The smallest absolute Gasteiger partial charge is 0.247 e. The average Bonchev–Trinajstić information content (AvgIpc) is 3.61. The number of carbonyl (C=O) groups excluding carboxylic acids is 1. The number of benzene rings is 2. The number of amides is 1. The van der Waals surface area contributed by atoms with Crippen molar-refractivity contribution in [2.45, 2.75) is 31.3 Å². The Morgan fingerprint density at radius 1 is 1.00 bits per heavy atom. The maximum Gasteiger partial charge on any atom is 0.247 e. The molecular weight excluding hydrogens is 644 g/mol. The highest BCUT2D eigenvalue weighted by atomic mass is 19.1. The molecule has 1 amide bonds. The van der Waals surface area contributed by atoms with Gasteiger partial charge < -0.3 is 25.2 Å². The molecule has 0 bridgehead atoms. The van der Waals surface area contributed by atoms with Crippen molar-refractivity contribution < 1.29 is 23.1 Å². The van der Waals surface area contributed by atoms with Crippen LogP contribution in [0.1, 0.15) is 30.9 Å². The molecule has 6 rings (SSSR count). The Bertz CT molecular complexity index is 1620. The number of hydrogen-bond donors (Lipinski definition) is 2. The monoisotopic (exact) mass is 691 g/mol. The lowest BCUT2D eigenvalue weighted by molar-refractivity contribution is -0.111. The third-order valence-electron chi connectivity index (χ3n) is 9.67. The first-order valence-corrected chi connectivity index (χ1v) is 17.2. The fourth-order valence-corrected chi connectivity index (χ4v) is 6.99. The predicted molar refractivity (Wildman–Crippen MR) is 191 cm³/mol. The van der Waals surface area contributed by atoms with Crippen LogP contribution in [0.3, 0.4) is 0 Å². The molecule has 4 heterocycles. The van der Waals surface area contributed by atoms with Gasteiger partial charge in [0.15, 0.2) is 5.82 Å². The molecule has 1 aromatic heterocycles. The number of hydroxylamine groups is 1. The first-order valence-electron chi connectivity index (χ1n) is 17.2. The topological polar surface area (TPSA) is 102 Å². The molecule has 2 aromatic carbocycles. The summed E-state index contributed by atoms with van der Waals surface area (Å²) < 4.78 is 33.9. The van der Waals surface area contributed by atoms with Gasteiger partial charge in [0.2, 0.25) is 5.91 Å². The molecule has 0 saturated carbocycles. The van der Waals surface area contributed by atoms with Crippen LogP contribution in [0.2, 0.25) is 0 Å². The van der Waals surface area contributed by atoms with E-state index in [0.717, 1.165) is 77.0 Å². The number of aromatic nitrogens is 2. The van der Waals surface area contributed by atoms with E-state index in [1.165, 1.54) is 24.5 Å². The zero-order chi connectivity index (χ0) is 35.2. The number of nitrogens with one attached hydrogen (secondary N) is 2. The second-order valence-corrected chi connectivity index (χ2v) is 13.2. The van der Waals surface area contributed by atoms with E-state index in [1.807, 2.05) is 12.1 Å². The van der Waals surface area contributed by atoms with Crippen molar-refractivity contribution in [2.24, 2.45) is 0 Å². The zero-order valence-electron chi connectivity index (χ0n) is 29.1. The van der Waals surface area contributed by atoms with E-state index in [-0.39, 0.29) is 5.91 Å². The van der Waals surface area contributed by atoms with Gasteiger partial charge in [-0.2, -0.15) is 0 Å². The minimum Gasteiger partial charge on any atom is -0.494 e. The highest BCUT2D eigenvalue weighted by Gasteiger charge is 2.31. The molecule has 14 heteroatoms. The Hall–Kier alpha value is -4.37. The van der Waals surface area contributed by atoms with Gasteiger partial charge in [-0.1, -0.05) is 6.58 Å². The Labute approximate surface area is 292 Å². The standard InChI is InChI=1S/C36H47F2N9O3/c1-5-36(48)42-29-21-30(41-34-23-35(40-24-39-34)47-31(8-17-50-47)25-18-26(37)20-27(38)19-25)33(49-4)22-32(29)46-9-6-28(7-10-46)45-15-13-44(14-16-45)12-11-43(2)3/h5,18-24,28,31H,1,6-17H2,2-4H3,(H,42,48)(H,39,40,41)/t31-/m1/s1. The number of piperidine rings is 1. The van der Waals surface area contributed by atoms with Crippen LogP contribution in [0, 0.1) is 11.6 Å². The summed E-state index contributed by atoms with van der Waals surface area (Å²) in [6.07, 6.45) is 5.22. The highest BCUT2D eigenvalue weighted by Crippen LogP contribution is 2.41. The van der Waals surface area contributed by atoms with Crippen LogP contribution >= 0.6 is 0 Å². The van der Waals surface area contributed by atoms with Crippen LogP contribution in [0.5, 0.6) is 5.75 Å². The van der Waals surface area contributed by atoms with Crippen LogP contribution in [0.25, 0.3) is 0 Å². The Balaban J connectivity index is 1.17. The maximum atomic E-state index is 14.0. The van der Waals surface area contributed by atoms with E-state index >= 15 is 0 Å². The van der Waals surface area contributed by atoms with Crippen molar-refractivity contribution in [2.75, 3.05) is 101 Å². The summed E-state index contributed by atoms with van der Waals surface area (Å²) in [7, 11) is 5.84. The summed E-state index contributed by atoms with van der Waals surface area (Å²) in [5.74, 6) is -0.202. The highest BCUT2D eigenvalue weighted by molar-refractivity contribution is 6.02. The number of methoxy groups -OCH3 is 1. The molecule has 3 saturated heterocycles. The molecule has 2 N–H and O–H groups in total. The number of carbonyl (C=O) groups is 1. The maximum absolute atomic E-state index is 14.0. The number of rotatable bonds is 12. The molecule has 3 fully saturated rings. The summed E-state index contributed by atoms with van der Waals surface area (Å²) in [5.41, 5.74) is 2.52. The van der Waals surface area contributed by atoms with Gasteiger partial charge in [-0.3, -0.25) is 19.4 Å². The minimum atomic E-state index is -0.652. The fourth-order valence-electron chi connectivity index (χ4n) is 6.99. The molecule has 1 atom stereocenters. The number of halogens is 2. The Morgan fingerprint density at radius 2 is 1.74 bits per heavy atom. The average molecular weight is 692 g/mol. The molecule has 3 aliphatic rings. The van der Waals surface area contributed by atoms with E-state index in [9.17, 15) is 13.6 Å². The summed E-state index contributed by atoms with van der Waals surface area (Å²) in [6, 6.07) is 9.01. The quantitative estimate of drug-likeness (QED) is 0.260. The van der Waals surface area contributed by atoms with Crippen molar-refractivity contribution in [3.8, 4) is 5.75 Å². The Kier molecular flexibility index (Phi) is 11.4. The van der Waals surface area contributed by atoms with Gasteiger partial charge in [-0.05, 0) is 56.8 Å². The first-order chi connectivity index (χ1) is 24.2.